The van der Waals surface area contributed by atoms with Crippen molar-refractivity contribution < 1.29 is 0 Å². The number of hydrogen-bond donors (Lipinski definition) is 0. The van der Waals surface area contributed by atoms with E-state index in [2.05, 4.69) is 27.0 Å². The number of unbranched alkanes of at least 4 members (excludes halogenated alkanes) is 1. The second kappa shape index (κ2) is 5.36. The highest BCUT2D eigenvalue weighted by molar-refractivity contribution is 8.76. The fraction of sp³-hybridized carbons (Fsp3) is 1.00. The number of hydrogen-bond acceptors (Lipinski definition) is 2. The SMILES string of the molecule is CCCCC(C)(C)SSC. The fourth-order valence-electron chi connectivity index (χ4n) is 0.870. The molecule has 0 bridgehead atoms. The Hall–Kier alpha value is 0.700. The zero-order valence-corrected chi connectivity index (χ0v) is 9.07. The quantitative estimate of drug-likeness (QED) is 0.584. The molecule has 62 valence electrons. The summed E-state index contributed by atoms with van der Waals surface area (Å²) in [6, 6.07) is 0. The van der Waals surface area contributed by atoms with E-state index in [1.165, 1.54) is 19.3 Å². The molecule has 0 aromatic heterocycles. The highest BCUT2D eigenvalue weighted by Gasteiger charge is 2.16. The molecule has 0 aliphatic heterocycles. The van der Waals surface area contributed by atoms with Crippen molar-refractivity contribution in [3.05, 3.63) is 0 Å². The van der Waals surface area contributed by atoms with Gasteiger partial charge in [-0.15, -0.1) is 0 Å². The Kier molecular flexibility index (Phi) is 5.74. The molecular weight excluding hydrogens is 160 g/mol. The Balaban J connectivity index is 3.42. The van der Waals surface area contributed by atoms with Gasteiger partial charge in [0.1, 0.15) is 0 Å². The highest BCUT2D eigenvalue weighted by atomic mass is 33.1. The lowest BCUT2D eigenvalue weighted by Gasteiger charge is -2.21. The minimum atomic E-state index is 0.482. The Morgan fingerprint density at radius 1 is 1.30 bits per heavy atom. The molecule has 0 nitrogen and oxygen atoms in total. The second-order valence-electron chi connectivity index (χ2n) is 3.11. The molecule has 0 N–H and O–H groups in total. The van der Waals surface area contributed by atoms with E-state index in [0.29, 0.717) is 4.75 Å². The van der Waals surface area contributed by atoms with Crippen LogP contribution in [0.2, 0.25) is 0 Å². The first kappa shape index (κ1) is 10.7. The van der Waals surface area contributed by atoms with Crippen molar-refractivity contribution in [2.24, 2.45) is 0 Å². The summed E-state index contributed by atoms with van der Waals surface area (Å²) in [5, 5.41) is 0. The van der Waals surface area contributed by atoms with Gasteiger partial charge < -0.3 is 0 Å². The Bertz CT molecular complexity index is 79.3. The van der Waals surface area contributed by atoms with Crippen LogP contribution in [-0.4, -0.2) is 11.0 Å². The van der Waals surface area contributed by atoms with Crippen molar-refractivity contribution in [3.63, 3.8) is 0 Å². The van der Waals surface area contributed by atoms with Crippen LogP contribution in [0.5, 0.6) is 0 Å². The van der Waals surface area contributed by atoms with Gasteiger partial charge in [-0.1, -0.05) is 41.4 Å². The predicted octanol–water partition coefficient (Wildman–Crippen LogP) is 3.97. The van der Waals surface area contributed by atoms with Crippen LogP contribution in [-0.2, 0) is 0 Å². The van der Waals surface area contributed by atoms with Crippen molar-refractivity contribution in [2.75, 3.05) is 6.26 Å². The third-order valence-corrected chi connectivity index (χ3v) is 4.12. The molecular formula is C8H18S2. The normalized spacial score (nSPS) is 12.0. The van der Waals surface area contributed by atoms with E-state index in [1.54, 1.807) is 0 Å². The maximum absolute atomic E-state index is 2.32. The fourth-order valence-corrected chi connectivity index (χ4v) is 3.15. The third-order valence-electron chi connectivity index (χ3n) is 1.44. The van der Waals surface area contributed by atoms with Gasteiger partial charge in [0.2, 0.25) is 0 Å². The summed E-state index contributed by atoms with van der Waals surface area (Å²) >= 11 is 0. The van der Waals surface area contributed by atoms with Gasteiger partial charge in [-0.25, -0.2) is 0 Å². The van der Waals surface area contributed by atoms with Crippen LogP contribution in [0.15, 0.2) is 0 Å². The van der Waals surface area contributed by atoms with Crippen LogP contribution < -0.4 is 0 Å². The molecule has 0 atom stereocenters. The summed E-state index contributed by atoms with van der Waals surface area (Å²) < 4.78 is 0.482. The van der Waals surface area contributed by atoms with E-state index in [0.717, 1.165) is 0 Å². The van der Waals surface area contributed by atoms with Crippen molar-refractivity contribution >= 4 is 21.6 Å². The molecule has 0 saturated heterocycles. The maximum Gasteiger partial charge on any atom is 0.0207 e. The summed E-state index contributed by atoms with van der Waals surface area (Å²) in [6.45, 7) is 6.90. The van der Waals surface area contributed by atoms with Gasteiger partial charge in [0, 0.05) is 4.75 Å². The lowest BCUT2D eigenvalue weighted by Crippen LogP contribution is -2.12. The van der Waals surface area contributed by atoms with Gasteiger partial charge in [0.05, 0.1) is 0 Å². The molecule has 0 unspecified atom stereocenters. The minimum absolute atomic E-state index is 0.482. The lowest BCUT2D eigenvalue weighted by atomic mass is 10.1. The standard InChI is InChI=1S/C8H18S2/c1-5-6-7-8(2,3)10-9-4/h5-7H2,1-4H3. The van der Waals surface area contributed by atoms with Crippen molar-refractivity contribution in [1.82, 2.24) is 0 Å². The summed E-state index contributed by atoms with van der Waals surface area (Å²) in [5.41, 5.74) is 0. The molecule has 0 spiro atoms. The summed E-state index contributed by atoms with van der Waals surface area (Å²) in [7, 11) is 3.87. The van der Waals surface area contributed by atoms with Crippen LogP contribution in [0.25, 0.3) is 0 Å². The second-order valence-corrected chi connectivity index (χ2v) is 6.22. The largest absolute Gasteiger partial charge is 0.0971 e. The third kappa shape index (κ3) is 5.48. The zero-order chi connectivity index (χ0) is 8.04. The summed E-state index contributed by atoms with van der Waals surface area (Å²) in [5.74, 6) is 0. The van der Waals surface area contributed by atoms with Crippen LogP contribution in [0.3, 0.4) is 0 Å². The molecule has 0 aliphatic rings. The molecule has 0 aromatic carbocycles. The first-order chi connectivity index (χ1) is 4.62. The first-order valence-corrected chi connectivity index (χ1v) is 6.40. The van der Waals surface area contributed by atoms with Crippen LogP contribution in [0, 0.1) is 0 Å². The average Bonchev–Trinajstić information content (AvgIpc) is 1.84. The van der Waals surface area contributed by atoms with Crippen LogP contribution >= 0.6 is 21.6 Å². The van der Waals surface area contributed by atoms with Gasteiger partial charge in [-0.3, -0.25) is 0 Å². The van der Waals surface area contributed by atoms with E-state index >= 15 is 0 Å². The van der Waals surface area contributed by atoms with Crippen molar-refractivity contribution in [1.29, 1.82) is 0 Å². The van der Waals surface area contributed by atoms with Gasteiger partial charge >= 0.3 is 0 Å². The molecule has 0 heterocycles. The van der Waals surface area contributed by atoms with Gasteiger partial charge in [0.25, 0.3) is 0 Å². The first-order valence-electron chi connectivity index (χ1n) is 3.84. The minimum Gasteiger partial charge on any atom is -0.0971 e. The summed E-state index contributed by atoms with van der Waals surface area (Å²) in [6.07, 6.45) is 6.17. The van der Waals surface area contributed by atoms with E-state index in [1.807, 2.05) is 21.6 Å². The monoisotopic (exact) mass is 178 g/mol. The molecule has 0 amide bonds. The highest BCUT2D eigenvalue weighted by Crippen LogP contribution is 2.37. The van der Waals surface area contributed by atoms with E-state index < -0.39 is 0 Å². The Morgan fingerprint density at radius 3 is 2.30 bits per heavy atom. The predicted molar refractivity (Wildman–Crippen MR) is 54.7 cm³/mol. The molecule has 0 fully saturated rings. The topological polar surface area (TPSA) is 0 Å². The Labute approximate surface area is 72.9 Å². The zero-order valence-electron chi connectivity index (χ0n) is 7.44. The lowest BCUT2D eigenvalue weighted by molar-refractivity contribution is 0.597. The van der Waals surface area contributed by atoms with Crippen molar-refractivity contribution in [2.45, 2.75) is 44.8 Å². The van der Waals surface area contributed by atoms with Crippen molar-refractivity contribution in [3.8, 4) is 0 Å². The molecule has 2 heteroatoms. The molecule has 0 aromatic rings. The van der Waals surface area contributed by atoms with Crippen LogP contribution in [0.1, 0.15) is 40.0 Å². The van der Waals surface area contributed by atoms with E-state index in [-0.39, 0.29) is 0 Å². The van der Waals surface area contributed by atoms with E-state index in [9.17, 15) is 0 Å². The molecule has 10 heavy (non-hydrogen) atoms. The van der Waals surface area contributed by atoms with Crippen LogP contribution in [0.4, 0.5) is 0 Å². The summed E-state index contributed by atoms with van der Waals surface area (Å²) in [4.78, 5) is 0. The van der Waals surface area contributed by atoms with Gasteiger partial charge in [-0.05, 0) is 26.5 Å². The van der Waals surface area contributed by atoms with Gasteiger partial charge in [0.15, 0.2) is 0 Å². The van der Waals surface area contributed by atoms with Gasteiger partial charge in [-0.2, -0.15) is 0 Å². The molecule has 0 rings (SSSR count). The Morgan fingerprint density at radius 2 is 1.90 bits per heavy atom. The number of rotatable bonds is 5. The molecule has 0 aliphatic carbocycles. The van der Waals surface area contributed by atoms with E-state index in [4.69, 9.17) is 0 Å². The average molecular weight is 178 g/mol. The molecule has 0 radical (unpaired) electrons. The smallest absolute Gasteiger partial charge is 0.0207 e. The maximum atomic E-state index is 2.32. The molecule has 0 saturated carbocycles.